The highest BCUT2D eigenvalue weighted by Crippen LogP contribution is 2.28. The average molecular weight is 476 g/mol. The van der Waals surface area contributed by atoms with Crippen LogP contribution < -0.4 is 4.90 Å². The third-order valence-corrected chi connectivity index (χ3v) is 6.05. The topological polar surface area (TPSA) is 67.2 Å². The molecule has 180 valence electrons. The standard InChI is InChI=1S/C23H24F4N6O/c1-13-10-29-32(3)20(13)21-28-11-18(26)22(30-21)33-6-4-14(5-7-33)23(34)31(2)12-15-8-16(24)9-17(25)19(15)27/h8-11,14H,4-7,12H2,1-3H3. The summed E-state index contributed by atoms with van der Waals surface area (Å²) >= 11 is 0. The second-order valence-corrected chi connectivity index (χ2v) is 8.48. The Bertz CT molecular complexity index is 1200. The molecule has 1 amide bonds. The van der Waals surface area contributed by atoms with Crippen molar-refractivity contribution in [3.05, 3.63) is 58.9 Å². The average Bonchev–Trinajstić information content (AvgIpc) is 3.15. The summed E-state index contributed by atoms with van der Waals surface area (Å²) in [7, 11) is 3.22. The van der Waals surface area contributed by atoms with Gasteiger partial charge in [0.05, 0.1) is 12.4 Å². The smallest absolute Gasteiger partial charge is 0.225 e. The van der Waals surface area contributed by atoms with Gasteiger partial charge in [0, 0.05) is 51.3 Å². The zero-order valence-electron chi connectivity index (χ0n) is 19.0. The number of benzene rings is 1. The molecule has 3 aromatic rings. The van der Waals surface area contributed by atoms with Gasteiger partial charge in [0.25, 0.3) is 0 Å². The van der Waals surface area contributed by atoms with Crippen molar-refractivity contribution >= 4 is 11.7 Å². The molecule has 0 atom stereocenters. The van der Waals surface area contributed by atoms with Crippen LogP contribution >= 0.6 is 0 Å². The van der Waals surface area contributed by atoms with Crippen LogP contribution in [0.25, 0.3) is 11.5 Å². The van der Waals surface area contributed by atoms with Gasteiger partial charge in [-0.2, -0.15) is 5.10 Å². The number of nitrogens with zero attached hydrogens (tertiary/aromatic N) is 6. The molecule has 3 heterocycles. The Morgan fingerprint density at radius 2 is 1.82 bits per heavy atom. The normalized spacial score (nSPS) is 14.5. The summed E-state index contributed by atoms with van der Waals surface area (Å²) < 4.78 is 57.1. The number of hydrogen-bond acceptors (Lipinski definition) is 5. The van der Waals surface area contributed by atoms with Crippen LogP contribution in [0.5, 0.6) is 0 Å². The lowest BCUT2D eigenvalue weighted by Gasteiger charge is -2.34. The van der Waals surface area contributed by atoms with Gasteiger partial charge in [-0.25, -0.2) is 27.5 Å². The molecule has 0 saturated carbocycles. The van der Waals surface area contributed by atoms with E-state index in [0.29, 0.717) is 43.5 Å². The van der Waals surface area contributed by atoms with Gasteiger partial charge in [0.1, 0.15) is 11.5 Å². The van der Waals surface area contributed by atoms with E-state index in [-0.39, 0.29) is 29.8 Å². The molecule has 34 heavy (non-hydrogen) atoms. The van der Waals surface area contributed by atoms with Crippen molar-refractivity contribution in [3.8, 4) is 11.5 Å². The summed E-state index contributed by atoms with van der Waals surface area (Å²) in [6.07, 6.45) is 3.65. The highest BCUT2D eigenvalue weighted by atomic mass is 19.2. The van der Waals surface area contributed by atoms with E-state index in [4.69, 9.17) is 0 Å². The SMILES string of the molecule is Cc1cnn(C)c1-c1ncc(F)c(N2CCC(C(=O)N(C)Cc3cc(F)cc(F)c3F)CC2)n1. The molecule has 1 saturated heterocycles. The van der Waals surface area contributed by atoms with Crippen molar-refractivity contribution in [2.24, 2.45) is 13.0 Å². The van der Waals surface area contributed by atoms with Crippen molar-refractivity contribution in [2.45, 2.75) is 26.3 Å². The maximum atomic E-state index is 14.6. The highest BCUT2D eigenvalue weighted by molar-refractivity contribution is 5.79. The minimum atomic E-state index is -1.29. The van der Waals surface area contributed by atoms with Crippen molar-refractivity contribution in [1.82, 2.24) is 24.6 Å². The van der Waals surface area contributed by atoms with Crippen molar-refractivity contribution in [1.29, 1.82) is 0 Å². The number of halogens is 4. The minimum Gasteiger partial charge on any atom is -0.354 e. The largest absolute Gasteiger partial charge is 0.354 e. The Labute approximate surface area is 194 Å². The first-order chi connectivity index (χ1) is 16.2. The lowest BCUT2D eigenvalue weighted by Crippen LogP contribution is -2.41. The Morgan fingerprint density at radius 3 is 2.47 bits per heavy atom. The molecule has 0 radical (unpaired) electrons. The van der Waals surface area contributed by atoms with E-state index < -0.39 is 23.3 Å². The fraction of sp³-hybridized carbons (Fsp3) is 0.391. The van der Waals surface area contributed by atoms with E-state index in [1.54, 1.807) is 22.8 Å². The Morgan fingerprint density at radius 1 is 1.12 bits per heavy atom. The van der Waals surface area contributed by atoms with Crippen molar-refractivity contribution < 1.29 is 22.4 Å². The number of aryl methyl sites for hydroxylation is 2. The van der Waals surface area contributed by atoms with Crippen LogP contribution in [0.3, 0.4) is 0 Å². The van der Waals surface area contributed by atoms with Gasteiger partial charge in [0.2, 0.25) is 5.91 Å². The molecule has 0 spiro atoms. The van der Waals surface area contributed by atoms with E-state index in [1.165, 1.54) is 11.9 Å². The Balaban J connectivity index is 1.43. The Kier molecular flexibility index (Phi) is 6.54. The molecule has 0 bridgehead atoms. The third kappa shape index (κ3) is 4.59. The first kappa shape index (κ1) is 23.7. The number of piperidine rings is 1. The summed E-state index contributed by atoms with van der Waals surface area (Å²) in [5, 5.41) is 4.17. The third-order valence-electron chi connectivity index (χ3n) is 6.05. The second kappa shape index (κ2) is 9.40. The zero-order valence-corrected chi connectivity index (χ0v) is 19.0. The van der Waals surface area contributed by atoms with Crippen LogP contribution in [0, 0.1) is 36.1 Å². The molecule has 11 heteroatoms. The number of carbonyl (C=O) groups excluding carboxylic acids is 1. The number of hydrogen-bond donors (Lipinski definition) is 0. The van der Waals surface area contributed by atoms with E-state index in [9.17, 15) is 22.4 Å². The van der Waals surface area contributed by atoms with E-state index in [2.05, 4.69) is 15.1 Å². The van der Waals surface area contributed by atoms with Crippen LogP contribution in [0.15, 0.2) is 24.5 Å². The quantitative estimate of drug-likeness (QED) is 0.416. The zero-order chi connectivity index (χ0) is 24.6. The van der Waals surface area contributed by atoms with Crippen molar-refractivity contribution in [2.75, 3.05) is 25.0 Å². The monoisotopic (exact) mass is 476 g/mol. The molecular formula is C23H24F4N6O. The van der Waals surface area contributed by atoms with Crippen LogP contribution in [-0.2, 0) is 18.4 Å². The molecule has 0 unspecified atom stereocenters. The molecule has 1 fully saturated rings. The molecule has 0 aliphatic carbocycles. The van der Waals surface area contributed by atoms with Crippen LogP contribution in [0.2, 0.25) is 0 Å². The van der Waals surface area contributed by atoms with E-state index in [0.717, 1.165) is 17.8 Å². The maximum absolute atomic E-state index is 14.6. The summed E-state index contributed by atoms with van der Waals surface area (Å²) in [6, 6.07) is 1.34. The molecule has 1 aliphatic rings. The van der Waals surface area contributed by atoms with Gasteiger partial charge in [-0.3, -0.25) is 9.48 Å². The molecule has 4 rings (SSSR count). The van der Waals surface area contributed by atoms with Crippen LogP contribution in [0.1, 0.15) is 24.0 Å². The van der Waals surface area contributed by atoms with Gasteiger partial charge in [0.15, 0.2) is 29.1 Å². The number of anilines is 1. The molecule has 7 nitrogen and oxygen atoms in total. The minimum absolute atomic E-state index is 0.155. The number of carbonyl (C=O) groups is 1. The molecule has 1 aromatic carbocycles. The first-order valence-electron chi connectivity index (χ1n) is 10.8. The fourth-order valence-corrected chi connectivity index (χ4v) is 4.27. The lowest BCUT2D eigenvalue weighted by molar-refractivity contribution is -0.135. The predicted octanol–water partition coefficient (Wildman–Crippen LogP) is 3.62. The summed E-state index contributed by atoms with van der Waals surface area (Å²) in [6.45, 7) is 2.37. The molecular weight excluding hydrogens is 452 g/mol. The van der Waals surface area contributed by atoms with E-state index in [1.807, 2.05) is 6.92 Å². The summed E-state index contributed by atoms with van der Waals surface area (Å²) in [4.78, 5) is 24.4. The van der Waals surface area contributed by atoms with Gasteiger partial charge in [-0.1, -0.05) is 0 Å². The summed E-state index contributed by atoms with van der Waals surface area (Å²) in [5.74, 6) is -4.07. The Hall–Kier alpha value is -3.50. The highest BCUT2D eigenvalue weighted by Gasteiger charge is 2.30. The predicted molar refractivity (Wildman–Crippen MR) is 117 cm³/mol. The molecule has 1 aliphatic heterocycles. The molecule has 2 aromatic heterocycles. The number of aromatic nitrogens is 4. The van der Waals surface area contributed by atoms with Gasteiger partial charge in [-0.15, -0.1) is 0 Å². The van der Waals surface area contributed by atoms with E-state index >= 15 is 0 Å². The second-order valence-electron chi connectivity index (χ2n) is 8.48. The maximum Gasteiger partial charge on any atom is 0.225 e. The van der Waals surface area contributed by atoms with Gasteiger partial charge >= 0.3 is 0 Å². The molecule has 0 N–H and O–H groups in total. The van der Waals surface area contributed by atoms with Crippen LogP contribution in [0.4, 0.5) is 23.4 Å². The number of rotatable bonds is 5. The van der Waals surface area contributed by atoms with Gasteiger partial charge < -0.3 is 9.80 Å². The van der Waals surface area contributed by atoms with Gasteiger partial charge in [-0.05, 0) is 31.4 Å². The summed E-state index contributed by atoms with van der Waals surface area (Å²) in [5.41, 5.74) is 1.32. The number of amides is 1. The van der Waals surface area contributed by atoms with Crippen LogP contribution in [-0.4, -0.2) is 50.7 Å². The first-order valence-corrected chi connectivity index (χ1v) is 10.8. The van der Waals surface area contributed by atoms with Crippen molar-refractivity contribution in [3.63, 3.8) is 0 Å². The lowest BCUT2D eigenvalue weighted by atomic mass is 9.95. The fourth-order valence-electron chi connectivity index (χ4n) is 4.27.